The molecule has 124 valence electrons. The summed E-state index contributed by atoms with van der Waals surface area (Å²) in [5, 5.41) is 0.711. The number of para-hydroxylation sites is 1. The molecule has 0 aliphatic rings. The topological polar surface area (TPSA) is 50.7 Å². The van der Waals surface area contributed by atoms with E-state index in [2.05, 4.69) is 11.9 Å². The Hall–Kier alpha value is -2.79. The Labute approximate surface area is 149 Å². The number of aromatic nitrogens is 3. The molecule has 0 aliphatic carbocycles. The largest absolute Gasteiger partial charge is 0.355 e. The number of nitrogens with one attached hydrogen (secondary N) is 1. The lowest BCUT2D eigenvalue weighted by Gasteiger charge is -2.11. The quantitative estimate of drug-likeness (QED) is 0.437. The van der Waals surface area contributed by atoms with Crippen LogP contribution in [0.1, 0.15) is 6.92 Å². The van der Waals surface area contributed by atoms with Crippen LogP contribution < -0.4 is 5.56 Å². The van der Waals surface area contributed by atoms with Crippen LogP contribution >= 0.6 is 11.8 Å². The molecule has 0 bridgehead atoms. The van der Waals surface area contributed by atoms with Crippen LogP contribution in [0.15, 0.2) is 76.8 Å². The molecule has 4 rings (SSSR count). The number of H-pyrrole nitrogens is 1. The fourth-order valence-corrected chi connectivity index (χ4v) is 3.64. The van der Waals surface area contributed by atoms with Crippen molar-refractivity contribution in [3.63, 3.8) is 0 Å². The maximum atomic E-state index is 13.1. The SMILES string of the molecule is CCSc1nc2c(-c3ccccc3)c[nH]c2c(=O)n1-c1ccccc1. The van der Waals surface area contributed by atoms with Crippen molar-refractivity contribution in [3.05, 3.63) is 77.2 Å². The van der Waals surface area contributed by atoms with Gasteiger partial charge >= 0.3 is 0 Å². The number of aromatic amines is 1. The Kier molecular flexibility index (Phi) is 4.15. The molecule has 0 saturated carbocycles. The van der Waals surface area contributed by atoms with Gasteiger partial charge in [0.25, 0.3) is 5.56 Å². The molecule has 0 fully saturated rings. The molecule has 0 unspecified atom stereocenters. The van der Waals surface area contributed by atoms with Crippen LogP contribution in [0.2, 0.25) is 0 Å². The monoisotopic (exact) mass is 347 g/mol. The molecule has 0 aliphatic heterocycles. The first-order valence-electron chi connectivity index (χ1n) is 8.17. The second-order valence-corrected chi connectivity index (χ2v) is 6.83. The lowest BCUT2D eigenvalue weighted by molar-refractivity contribution is 0.819. The second-order valence-electron chi connectivity index (χ2n) is 5.60. The van der Waals surface area contributed by atoms with Crippen molar-refractivity contribution in [1.29, 1.82) is 0 Å². The minimum atomic E-state index is -0.0747. The van der Waals surface area contributed by atoms with E-state index >= 15 is 0 Å². The predicted molar refractivity (Wildman–Crippen MR) is 104 cm³/mol. The van der Waals surface area contributed by atoms with E-state index in [-0.39, 0.29) is 5.56 Å². The van der Waals surface area contributed by atoms with Crippen molar-refractivity contribution in [3.8, 4) is 16.8 Å². The van der Waals surface area contributed by atoms with E-state index in [9.17, 15) is 4.79 Å². The van der Waals surface area contributed by atoms with E-state index in [1.54, 1.807) is 16.3 Å². The Morgan fingerprint density at radius 3 is 2.40 bits per heavy atom. The normalized spacial score (nSPS) is 11.1. The number of thioether (sulfide) groups is 1. The first-order valence-corrected chi connectivity index (χ1v) is 9.16. The molecule has 2 aromatic heterocycles. The molecule has 4 nitrogen and oxygen atoms in total. The van der Waals surface area contributed by atoms with Gasteiger partial charge in [-0.15, -0.1) is 0 Å². The number of hydrogen-bond acceptors (Lipinski definition) is 3. The van der Waals surface area contributed by atoms with Crippen LogP contribution in [0, 0.1) is 0 Å². The van der Waals surface area contributed by atoms with Gasteiger partial charge in [0.1, 0.15) is 11.0 Å². The van der Waals surface area contributed by atoms with E-state index in [1.165, 1.54) is 0 Å². The van der Waals surface area contributed by atoms with Gasteiger partial charge in [-0.2, -0.15) is 0 Å². The van der Waals surface area contributed by atoms with Gasteiger partial charge in [-0.05, 0) is 23.4 Å². The molecule has 2 heterocycles. The molecule has 0 saturated heterocycles. The fraction of sp³-hybridized carbons (Fsp3) is 0.100. The average Bonchev–Trinajstić information content (AvgIpc) is 3.08. The van der Waals surface area contributed by atoms with Crippen LogP contribution in [-0.2, 0) is 0 Å². The Morgan fingerprint density at radius 2 is 1.72 bits per heavy atom. The average molecular weight is 347 g/mol. The second kappa shape index (κ2) is 6.61. The third kappa shape index (κ3) is 2.76. The summed E-state index contributed by atoms with van der Waals surface area (Å²) < 4.78 is 1.68. The lowest BCUT2D eigenvalue weighted by Crippen LogP contribution is -2.21. The molecular weight excluding hydrogens is 330 g/mol. The van der Waals surface area contributed by atoms with Crippen molar-refractivity contribution in [2.75, 3.05) is 5.75 Å². The van der Waals surface area contributed by atoms with Gasteiger partial charge in [-0.25, -0.2) is 4.98 Å². The van der Waals surface area contributed by atoms with Gasteiger partial charge in [0.2, 0.25) is 0 Å². The molecule has 0 radical (unpaired) electrons. The zero-order chi connectivity index (χ0) is 17.2. The van der Waals surface area contributed by atoms with Crippen LogP contribution in [0.4, 0.5) is 0 Å². The highest BCUT2D eigenvalue weighted by molar-refractivity contribution is 7.99. The molecule has 2 aromatic carbocycles. The van der Waals surface area contributed by atoms with Crippen LogP contribution in [0.5, 0.6) is 0 Å². The zero-order valence-electron chi connectivity index (χ0n) is 13.8. The third-order valence-electron chi connectivity index (χ3n) is 4.04. The molecule has 4 aromatic rings. The molecule has 5 heteroatoms. The first-order chi connectivity index (χ1) is 12.3. The lowest BCUT2D eigenvalue weighted by atomic mass is 10.1. The van der Waals surface area contributed by atoms with Crippen molar-refractivity contribution < 1.29 is 0 Å². The van der Waals surface area contributed by atoms with Gasteiger partial charge in [-0.3, -0.25) is 9.36 Å². The molecule has 0 amide bonds. The number of fused-ring (bicyclic) bond motifs is 1. The van der Waals surface area contributed by atoms with Crippen molar-refractivity contribution in [2.24, 2.45) is 0 Å². The Bertz CT molecular complexity index is 1070. The zero-order valence-corrected chi connectivity index (χ0v) is 14.6. The summed E-state index contributed by atoms with van der Waals surface area (Å²) in [4.78, 5) is 21.1. The first kappa shape index (κ1) is 15.7. The maximum absolute atomic E-state index is 13.1. The standard InChI is InChI=1S/C20H17N3OS/c1-2-25-20-22-17-16(14-9-5-3-6-10-14)13-21-18(17)19(24)23(20)15-11-7-4-8-12-15/h3-13,21H,2H2,1H3. The highest BCUT2D eigenvalue weighted by Crippen LogP contribution is 2.28. The van der Waals surface area contributed by atoms with Crippen molar-refractivity contribution >= 4 is 22.8 Å². The number of hydrogen-bond donors (Lipinski definition) is 1. The third-order valence-corrected chi connectivity index (χ3v) is 4.86. The minimum Gasteiger partial charge on any atom is -0.355 e. The van der Waals surface area contributed by atoms with E-state index in [0.717, 1.165) is 28.1 Å². The highest BCUT2D eigenvalue weighted by Gasteiger charge is 2.17. The van der Waals surface area contributed by atoms with Crippen molar-refractivity contribution in [1.82, 2.24) is 14.5 Å². The summed E-state index contributed by atoms with van der Waals surface area (Å²) in [6.07, 6.45) is 1.87. The number of nitrogens with zero attached hydrogens (tertiary/aromatic N) is 2. The van der Waals surface area contributed by atoms with Gasteiger partial charge in [0.15, 0.2) is 5.16 Å². The predicted octanol–water partition coefficient (Wildman–Crippen LogP) is 4.49. The molecule has 0 spiro atoms. The minimum absolute atomic E-state index is 0.0747. The van der Waals surface area contributed by atoms with E-state index in [4.69, 9.17) is 4.98 Å². The van der Waals surface area contributed by atoms with Crippen LogP contribution in [0.25, 0.3) is 27.8 Å². The molecule has 1 N–H and O–H groups in total. The smallest absolute Gasteiger partial charge is 0.283 e. The summed E-state index contributed by atoms with van der Waals surface area (Å²) in [5.74, 6) is 0.843. The maximum Gasteiger partial charge on any atom is 0.283 e. The van der Waals surface area contributed by atoms with Gasteiger partial charge < -0.3 is 4.98 Å². The molecular formula is C20H17N3OS. The Morgan fingerprint density at radius 1 is 1.04 bits per heavy atom. The summed E-state index contributed by atoms with van der Waals surface area (Å²) in [7, 11) is 0. The Balaban J connectivity index is 2.01. The van der Waals surface area contributed by atoms with E-state index in [0.29, 0.717) is 10.7 Å². The molecule has 0 atom stereocenters. The summed E-state index contributed by atoms with van der Waals surface area (Å²) in [6.45, 7) is 2.06. The van der Waals surface area contributed by atoms with Gasteiger partial charge in [0.05, 0.1) is 5.69 Å². The summed E-state index contributed by atoms with van der Waals surface area (Å²) >= 11 is 1.57. The van der Waals surface area contributed by atoms with Crippen LogP contribution in [-0.4, -0.2) is 20.3 Å². The highest BCUT2D eigenvalue weighted by atomic mass is 32.2. The number of rotatable bonds is 4. The van der Waals surface area contributed by atoms with E-state index in [1.807, 2.05) is 66.9 Å². The number of benzene rings is 2. The molecule has 25 heavy (non-hydrogen) atoms. The van der Waals surface area contributed by atoms with Gasteiger partial charge in [0, 0.05) is 11.8 Å². The van der Waals surface area contributed by atoms with Gasteiger partial charge in [-0.1, -0.05) is 67.2 Å². The fourth-order valence-electron chi connectivity index (χ4n) is 2.91. The van der Waals surface area contributed by atoms with E-state index < -0.39 is 0 Å². The van der Waals surface area contributed by atoms with Crippen molar-refractivity contribution in [2.45, 2.75) is 12.1 Å². The summed E-state index contributed by atoms with van der Waals surface area (Å²) in [5.41, 5.74) is 4.00. The summed E-state index contributed by atoms with van der Waals surface area (Å²) in [6, 6.07) is 19.7. The van der Waals surface area contributed by atoms with Crippen LogP contribution in [0.3, 0.4) is 0 Å².